The van der Waals surface area contributed by atoms with E-state index in [9.17, 15) is 0 Å². The van der Waals surface area contributed by atoms with E-state index >= 15 is 0 Å². The Bertz CT molecular complexity index is 678. The van der Waals surface area contributed by atoms with Gasteiger partial charge in [-0.3, -0.25) is 9.56 Å². The first-order valence-electron chi connectivity index (χ1n) is 6.56. The number of halogens is 1. The maximum atomic E-state index is 4.67. The molecule has 0 amide bonds. The van der Waals surface area contributed by atoms with Crippen LogP contribution in [0.2, 0.25) is 0 Å². The van der Waals surface area contributed by atoms with Crippen LogP contribution in [-0.4, -0.2) is 26.1 Å². The quantitative estimate of drug-likeness (QED) is 0.830. The fourth-order valence-corrected chi connectivity index (χ4v) is 3.33. The molecule has 0 atom stereocenters. The molecule has 1 aromatic carbocycles. The van der Waals surface area contributed by atoms with Crippen molar-refractivity contribution in [2.45, 2.75) is 26.3 Å². The van der Waals surface area contributed by atoms with E-state index < -0.39 is 0 Å². The molecule has 0 N–H and O–H groups in total. The molecule has 4 nitrogen and oxygen atoms in total. The molecule has 6 heteroatoms. The second-order valence-electron chi connectivity index (χ2n) is 4.60. The van der Waals surface area contributed by atoms with Crippen LogP contribution >= 0.6 is 27.7 Å². The SMILES string of the molecule is CCCc1nnc2n1-c1ccc(Br)cc1C(SC)=NC2. The van der Waals surface area contributed by atoms with Crippen molar-refractivity contribution < 1.29 is 0 Å². The lowest BCUT2D eigenvalue weighted by Gasteiger charge is -2.12. The average Bonchev–Trinajstić information content (AvgIpc) is 2.76. The molecule has 1 aliphatic heterocycles. The molecule has 0 saturated carbocycles. The summed E-state index contributed by atoms with van der Waals surface area (Å²) in [6.45, 7) is 2.74. The van der Waals surface area contributed by atoms with Gasteiger partial charge in [0.1, 0.15) is 17.4 Å². The van der Waals surface area contributed by atoms with Crippen LogP contribution in [0.4, 0.5) is 0 Å². The summed E-state index contributed by atoms with van der Waals surface area (Å²) in [7, 11) is 0. The van der Waals surface area contributed by atoms with Crippen molar-refractivity contribution in [3.63, 3.8) is 0 Å². The third-order valence-corrected chi connectivity index (χ3v) is 4.49. The number of fused-ring (bicyclic) bond motifs is 3. The van der Waals surface area contributed by atoms with Crippen molar-refractivity contribution in [2.75, 3.05) is 6.26 Å². The molecule has 1 aromatic heterocycles. The van der Waals surface area contributed by atoms with Gasteiger partial charge in [-0.1, -0.05) is 22.9 Å². The lowest BCUT2D eigenvalue weighted by Crippen LogP contribution is -2.07. The summed E-state index contributed by atoms with van der Waals surface area (Å²) in [5.41, 5.74) is 2.27. The molecule has 104 valence electrons. The van der Waals surface area contributed by atoms with E-state index in [0.717, 1.165) is 45.3 Å². The van der Waals surface area contributed by atoms with E-state index in [4.69, 9.17) is 0 Å². The van der Waals surface area contributed by atoms with Crippen LogP contribution in [0.15, 0.2) is 27.7 Å². The van der Waals surface area contributed by atoms with Crippen molar-refractivity contribution in [3.8, 4) is 5.69 Å². The van der Waals surface area contributed by atoms with Gasteiger partial charge in [-0.15, -0.1) is 22.0 Å². The first kappa shape index (κ1) is 13.8. The first-order chi connectivity index (χ1) is 9.74. The molecule has 1 aliphatic rings. The molecule has 0 aliphatic carbocycles. The number of benzene rings is 1. The van der Waals surface area contributed by atoms with Gasteiger partial charge in [0.2, 0.25) is 0 Å². The number of hydrogen-bond donors (Lipinski definition) is 0. The van der Waals surface area contributed by atoms with Crippen molar-refractivity contribution in [3.05, 3.63) is 39.9 Å². The molecular formula is C14H15BrN4S. The minimum atomic E-state index is 0.583. The molecule has 20 heavy (non-hydrogen) atoms. The first-order valence-corrected chi connectivity index (χ1v) is 8.58. The molecule has 0 saturated heterocycles. The van der Waals surface area contributed by atoms with Crippen LogP contribution in [0.25, 0.3) is 5.69 Å². The third kappa shape index (κ3) is 2.31. The van der Waals surface area contributed by atoms with Crippen LogP contribution in [0.3, 0.4) is 0 Å². The van der Waals surface area contributed by atoms with Gasteiger partial charge in [-0.2, -0.15) is 0 Å². The summed E-state index contributed by atoms with van der Waals surface area (Å²) < 4.78 is 3.23. The molecule has 0 spiro atoms. The van der Waals surface area contributed by atoms with Crippen LogP contribution in [0.5, 0.6) is 0 Å². The second-order valence-corrected chi connectivity index (χ2v) is 6.32. The van der Waals surface area contributed by atoms with Gasteiger partial charge in [0, 0.05) is 16.5 Å². The number of aliphatic imine (C=N–C) groups is 1. The molecular weight excluding hydrogens is 336 g/mol. The van der Waals surface area contributed by atoms with Crippen molar-refractivity contribution >= 4 is 32.7 Å². The molecule has 0 bridgehead atoms. The number of hydrogen-bond acceptors (Lipinski definition) is 4. The highest BCUT2D eigenvalue weighted by molar-refractivity contribution is 9.10. The number of thioether (sulfide) groups is 1. The zero-order chi connectivity index (χ0) is 14.1. The van der Waals surface area contributed by atoms with Gasteiger partial charge in [0.15, 0.2) is 5.82 Å². The third-order valence-electron chi connectivity index (χ3n) is 3.26. The maximum Gasteiger partial charge on any atom is 0.159 e. The number of aromatic nitrogens is 3. The highest BCUT2D eigenvalue weighted by Gasteiger charge is 2.21. The number of aryl methyl sites for hydroxylation is 1. The molecule has 2 aromatic rings. The minimum absolute atomic E-state index is 0.583. The molecule has 0 unspecified atom stereocenters. The summed E-state index contributed by atoms with van der Waals surface area (Å²) >= 11 is 5.22. The summed E-state index contributed by atoms with van der Waals surface area (Å²) in [6, 6.07) is 6.29. The Morgan fingerprint density at radius 3 is 2.95 bits per heavy atom. The van der Waals surface area contributed by atoms with Crippen molar-refractivity contribution in [2.24, 2.45) is 4.99 Å². The Morgan fingerprint density at radius 2 is 2.20 bits per heavy atom. The standard InChI is InChI=1S/C14H15BrN4S/c1-3-4-12-17-18-13-8-16-14(20-2)10-7-9(15)5-6-11(10)19(12)13/h5-7H,3-4,8H2,1-2H3. The summed E-state index contributed by atoms with van der Waals surface area (Å²) in [5, 5.41) is 9.69. The monoisotopic (exact) mass is 350 g/mol. The van der Waals surface area contributed by atoms with E-state index in [1.165, 1.54) is 0 Å². The lowest BCUT2D eigenvalue weighted by atomic mass is 10.2. The normalized spacial score (nSPS) is 13.4. The fraction of sp³-hybridized carbons (Fsp3) is 0.357. The van der Waals surface area contributed by atoms with E-state index in [1.807, 2.05) is 0 Å². The largest absolute Gasteiger partial charge is 0.281 e. The summed E-state index contributed by atoms with van der Waals surface area (Å²) in [6.07, 6.45) is 4.04. The van der Waals surface area contributed by atoms with Gasteiger partial charge < -0.3 is 0 Å². The Kier molecular flexibility index (Phi) is 3.94. The lowest BCUT2D eigenvalue weighted by molar-refractivity contribution is 0.789. The number of nitrogens with zero attached hydrogens (tertiary/aromatic N) is 4. The van der Waals surface area contributed by atoms with Gasteiger partial charge in [0.05, 0.1) is 5.69 Å². The zero-order valence-corrected chi connectivity index (χ0v) is 13.8. The van der Waals surface area contributed by atoms with Crippen LogP contribution in [0, 0.1) is 0 Å². The van der Waals surface area contributed by atoms with Crippen molar-refractivity contribution in [1.82, 2.24) is 14.8 Å². The van der Waals surface area contributed by atoms with Crippen LogP contribution in [-0.2, 0) is 13.0 Å². The maximum absolute atomic E-state index is 4.67. The predicted molar refractivity (Wildman–Crippen MR) is 86.8 cm³/mol. The van der Waals surface area contributed by atoms with Gasteiger partial charge >= 0.3 is 0 Å². The Labute approximate surface area is 130 Å². The zero-order valence-electron chi connectivity index (χ0n) is 11.4. The van der Waals surface area contributed by atoms with E-state index in [-0.39, 0.29) is 0 Å². The average molecular weight is 351 g/mol. The second kappa shape index (κ2) is 5.69. The van der Waals surface area contributed by atoms with Gasteiger partial charge in [-0.25, -0.2) is 0 Å². The highest BCUT2D eigenvalue weighted by Crippen LogP contribution is 2.29. The summed E-state index contributed by atoms with van der Waals surface area (Å²) in [4.78, 5) is 4.67. The Morgan fingerprint density at radius 1 is 1.35 bits per heavy atom. The topological polar surface area (TPSA) is 43.1 Å². The van der Waals surface area contributed by atoms with Crippen LogP contribution < -0.4 is 0 Å². The Balaban J connectivity index is 2.25. The van der Waals surface area contributed by atoms with E-state index in [2.05, 4.69) is 67.1 Å². The van der Waals surface area contributed by atoms with E-state index in [0.29, 0.717) is 6.54 Å². The Hall–Kier alpha value is -1.14. The minimum Gasteiger partial charge on any atom is -0.281 e. The fourth-order valence-electron chi connectivity index (χ4n) is 2.40. The number of rotatable bonds is 2. The van der Waals surface area contributed by atoms with Gasteiger partial charge in [-0.05, 0) is 30.9 Å². The van der Waals surface area contributed by atoms with E-state index in [1.54, 1.807) is 11.8 Å². The highest BCUT2D eigenvalue weighted by atomic mass is 79.9. The van der Waals surface area contributed by atoms with Crippen molar-refractivity contribution in [1.29, 1.82) is 0 Å². The molecule has 0 radical (unpaired) electrons. The predicted octanol–water partition coefficient (Wildman–Crippen LogP) is 3.61. The smallest absolute Gasteiger partial charge is 0.159 e. The summed E-state index contributed by atoms with van der Waals surface area (Å²) in [5.74, 6) is 1.93. The molecule has 3 rings (SSSR count). The molecule has 2 heterocycles. The van der Waals surface area contributed by atoms with Crippen LogP contribution in [0.1, 0.15) is 30.6 Å². The molecule has 0 fully saturated rings. The van der Waals surface area contributed by atoms with Gasteiger partial charge in [0.25, 0.3) is 0 Å².